The number of rotatable bonds is 0. The van der Waals surface area contributed by atoms with E-state index in [2.05, 4.69) is 0 Å². The van der Waals surface area contributed by atoms with E-state index < -0.39 is 0 Å². The second kappa shape index (κ2) is 15.9. The van der Waals surface area contributed by atoms with Gasteiger partial charge in [0.1, 0.15) is 0 Å². The van der Waals surface area contributed by atoms with Crippen molar-refractivity contribution in [1.29, 1.82) is 0 Å². The fraction of sp³-hybridized carbons (Fsp3) is 0. The van der Waals surface area contributed by atoms with Crippen LogP contribution in [0.25, 0.3) is 0 Å². The molecule has 0 saturated carbocycles. The molecule has 4 heavy (non-hydrogen) atoms. The van der Waals surface area contributed by atoms with Gasteiger partial charge in [-0.3, -0.25) is 0 Å². The normalized spacial score (nSPS) is 0. The second-order valence-electron chi connectivity index (χ2n) is 0. The van der Waals surface area contributed by atoms with Crippen molar-refractivity contribution >= 4 is 17.4 Å². The first-order valence-electron chi connectivity index (χ1n) is 0. The molecule has 0 aromatic rings. The Hall–Kier alpha value is 3.73. The summed E-state index contributed by atoms with van der Waals surface area (Å²) in [4.78, 5) is 0. The summed E-state index contributed by atoms with van der Waals surface area (Å²) in [6.45, 7) is 0. The van der Waals surface area contributed by atoms with E-state index in [1.807, 2.05) is 0 Å². The summed E-state index contributed by atoms with van der Waals surface area (Å²) in [6.07, 6.45) is 0. The third-order valence-electron chi connectivity index (χ3n) is 0. The SMILES string of the molecule is [Al].[Cs+].[Cu].[H-].[Zn]. The first-order valence-corrected chi connectivity index (χ1v) is 0. The van der Waals surface area contributed by atoms with Crippen LogP contribution in [0.15, 0.2) is 0 Å². The van der Waals surface area contributed by atoms with E-state index in [0.717, 1.165) is 0 Å². The predicted octanol–water partition coefficient (Wildman–Crippen LogP) is -3.27. The molecular formula is HAlCsCuZn. The van der Waals surface area contributed by atoms with Gasteiger partial charge in [-0.15, -0.1) is 0 Å². The summed E-state index contributed by atoms with van der Waals surface area (Å²) in [5, 5.41) is 0. The zero-order valence-corrected chi connectivity index (χ0v) is 13.9. The molecule has 0 spiro atoms. The fourth-order valence-corrected chi connectivity index (χ4v) is 0. The van der Waals surface area contributed by atoms with Crippen molar-refractivity contribution < 1.29 is 107 Å². The van der Waals surface area contributed by atoms with Gasteiger partial charge in [0.25, 0.3) is 0 Å². The van der Waals surface area contributed by atoms with E-state index in [-0.39, 0.29) is 124 Å². The van der Waals surface area contributed by atoms with Crippen LogP contribution in [-0.2, 0) is 36.5 Å². The van der Waals surface area contributed by atoms with Crippen LogP contribution in [0.2, 0.25) is 0 Å². The maximum Gasteiger partial charge on any atom is 1.00 e. The summed E-state index contributed by atoms with van der Waals surface area (Å²) in [5.74, 6) is 0. The Morgan fingerprint density at radius 3 is 1.25 bits per heavy atom. The molecule has 0 heterocycles. The number of hydrogen-bond acceptors (Lipinski definition) is 0. The monoisotopic (exact) mass is 288 g/mol. The summed E-state index contributed by atoms with van der Waals surface area (Å²) >= 11 is 0. The Bertz CT molecular complexity index is 11.6. The van der Waals surface area contributed by atoms with Crippen molar-refractivity contribution in [3.63, 3.8) is 0 Å². The average molecular weight is 290 g/mol. The van der Waals surface area contributed by atoms with E-state index in [4.69, 9.17) is 0 Å². The largest absolute Gasteiger partial charge is 1.00 e. The van der Waals surface area contributed by atoms with Crippen LogP contribution in [0.3, 0.4) is 0 Å². The molecule has 0 nitrogen and oxygen atoms in total. The van der Waals surface area contributed by atoms with Gasteiger partial charge in [-0.2, -0.15) is 0 Å². The minimum absolute atomic E-state index is 0. The van der Waals surface area contributed by atoms with Gasteiger partial charge in [0.05, 0.1) is 0 Å². The summed E-state index contributed by atoms with van der Waals surface area (Å²) in [6, 6.07) is 0. The first-order chi connectivity index (χ1) is 0. The zero-order chi connectivity index (χ0) is 0. The van der Waals surface area contributed by atoms with Crippen molar-refractivity contribution in [1.82, 2.24) is 0 Å². The van der Waals surface area contributed by atoms with E-state index in [1.54, 1.807) is 0 Å². The minimum Gasteiger partial charge on any atom is -1.00 e. The van der Waals surface area contributed by atoms with Crippen molar-refractivity contribution in [3.8, 4) is 0 Å². The van der Waals surface area contributed by atoms with Crippen molar-refractivity contribution in [2.45, 2.75) is 0 Å². The third-order valence-corrected chi connectivity index (χ3v) is 0. The molecule has 0 fully saturated rings. The van der Waals surface area contributed by atoms with Gasteiger partial charge in [0.15, 0.2) is 0 Å². The molecule has 0 atom stereocenters. The summed E-state index contributed by atoms with van der Waals surface area (Å²) in [7, 11) is 0. The molecule has 0 saturated heterocycles. The molecule has 18 valence electrons. The van der Waals surface area contributed by atoms with Gasteiger partial charge in [0, 0.05) is 53.9 Å². The van der Waals surface area contributed by atoms with Crippen LogP contribution < -0.4 is 68.9 Å². The van der Waals surface area contributed by atoms with Crippen molar-refractivity contribution in [3.05, 3.63) is 0 Å². The summed E-state index contributed by atoms with van der Waals surface area (Å²) < 4.78 is 0. The molecule has 4 heteroatoms. The quantitative estimate of drug-likeness (QED) is 0.411. The van der Waals surface area contributed by atoms with Gasteiger partial charge in [-0.05, 0) is 0 Å². The van der Waals surface area contributed by atoms with Crippen LogP contribution in [0.4, 0.5) is 0 Å². The molecule has 0 aromatic heterocycles. The Labute approximate surface area is 121 Å². The standard InChI is InChI=1S/Al.Cs.Cu.Zn.H/q;+1;;;-1. The van der Waals surface area contributed by atoms with Crippen LogP contribution in [-0.4, -0.2) is 17.4 Å². The number of hydrogen-bond donors (Lipinski definition) is 0. The van der Waals surface area contributed by atoms with Crippen LogP contribution in [0.5, 0.6) is 0 Å². The molecule has 4 radical (unpaired) electrons. The van der Waals surface area contributed by atoms with Gasteiger partial charge in [0.2, 0.25) is 0 Å². The van der Waals surface area contributed by atoms with Crippen molar-refractivity contribution in [2.24, 2.45) is 0 Å². The third kappa shape index (κ3) is 9.21. The molecule has 0 amide bonds. The summed E-state index contributed by atoms with van der Waals surface area (Å²) in [5.41, 5.74) is 0. The molecule has 0 rings (SSSR count). The molecular weight excluding hydrogens is 289 g/mol. The van der Waals surface area contributed by atoms with E-state index in [0.29, 0.717) is 0 Å². The molecule has 0 aromatic carbocycles. The van der Waals surface area contributed by atoms with Gasteiger partial charge < -0.3 is 1.43 Å². The maximum atomic E-state index is 0. The molecule has 0 N–H and O–H groups in total. The Morgan fingerprint density at radius 1 is 1.25 bits per heavy atom. The zero-order valence-electron chi connectivity index (χ0n) is 3.59. The van der Waals surface area contributed by atoms with E-state index in [9.17, 15) is 0 Å². The Kier molecular flexibility index (Phi) is 100.0. The van der Waals surface area contributed by atoms with Crippen LogP contribution in [0, 0.1) is 0 Å². The Morgan fingerprint density at radius 2 is 1.25 bits per heavy atom. The smallest absolute Gasteiger partial charge is 1.00 e. The minimum atomic E-state index is 0. The molecule has 0 aliphatic rings. The van der Waals surface area contributed by atoms with Crippen LogP contribution in [0.1, 0.15) is 1.43 Å². The van der Waals surface area contributed by atoms with Gasteiger partial charge >= 0.3 is 68.9 Å². The molecule has 0 bridgehead atoms. The fourth-order valence-electron chi connectivity index (χ4n) is 0. The van der Waals surface area contributed by atoms with Crippen molar-refractivity contribution in [2.75, 3.05) is 0 Å². The molecule has 0 aliphatic heterocycles. The topological polar surface area (TPSA) is 0 Å². The second-order valence-corrected chi connectivity index (χ2v) is 0. The molecule has 0 aliphatic carbocycles. The van der Waals surface area contributed by atoms with E-state index in [1.165, 1.54) is 0 Å². The predicted molar refractivity (Wildman–Crippen MR) is 6.87 cm³/mol. The first kappa shape index (κ1) is 25.2. The molecule has 0 unspecified atom stereocenters. The van der Waals surface area contributed by atoms with Gasteiger partial charge in [-0.25, -0.2) is 0 Å². The Balaban J connectivity index is 0. The maximum absolute atomic E-state index is 0. The van der Waals surface area contributed by atoms with Gasteiger partial charge in [-0.1, -0.05) is 0 Å². The van der Waals surface area contributed by atoms with E-state index >= 15 is 0 Å². The van der Waals surface area contributed by atoms with Crippen LogP contribution >= 0.6 is 0 Å². The average Bonchev–Trinajstić information content (AvgIpc) is 0.